The molecule has 7 nitrogen and oxygen atoms in total. The Hall–Kier alpha value is -2.43. The summed E-state index contributed by atoms with van der Waals surface area (Å²) in [5, 5.41) is 3.48. The van der Waals surface area contributed by atoms with Crippen molar-refractivity contribution in [3.05, 3.63) is 63.6 Å². The molecule has 2 rings (SSSR count). The van der Waals surface area contributed by atoms with Crippen LogP contribution in [0.3, 0.4) is 0 Å². The Bertz CT molecular complexity index is 1210. The number of carbonyl (C=O) groups excluding carboxylic acids is 2. The Morgan fingerprint density at radius 3 is 2.19 bits per heavy atom. The molecule has 0 spiro atoms. The van der Waals surface area contributed by atoms with Gasteiger partial charge in [-0.1, -0.05) is 43.1 Å². The van der Waals surface area contributed by atoms with Crippen molar-refractivity contribution in [2.24, 2.45) is 5.92 Å². The molecule has 1 N–H and O–H groups in total. The van der Waals surface area contributed by atoms with Gasteiger partial charge in [0.1, 0.15) is 6.04 Å². The van der Waals surface area contributed by atoms with E-state index in [0.717, 1.165) is 28.8 Å². The van der Waals surface area contributed by atoms with Gasteiger partial charge in [0, 0.05) is 47.7 Å². The highest BCUT2D eigenvalue weighted by atomic mass is 35.5. The van der Waals surface area contributed by atoms with E-state index in [9.17, 15) is 26.8 Å². The monoisotopic (exact) mass is 577 g/mol. The lowest BCUT2D eigenvalue weighted by Gasteiger charge is -2.30. The minimum Gasteiger partial charge on any atom is -0.354 e. The standard InChI is InChI=1S/C25H31Cl2F2N3O4S/c1-16(2)14-30-25(34)17(3)31(15-19-20(26)7-5-8-21(19)27)24(33)9-6-12-32(37(4,35)36)18-10-11-22(28)23(29)13-18/h5,7-8,10-11,13,16-17H,6,9,12,14-15H2,1-4H3,(H,30,34)/t17-/m0/s1. The van der Waals surface area contributed by atoms with Crippen molar-refractivity contribution in [1.29, 1.82) is 0 Å². The maximum atomic E-state index is 13.7. The first-order chi connectivity index (χ1) is 17.2. The lowest BCUT2D eigenvalue weighted by Crippen LogP contribution is -2.48. The third-order valence-corrected chi connectivity index (χ3v) is 7.49. The predicted molar refractivity (Wildman–Crippen MR) is 142 cm³/mol. The highest BCUT2D eigenvalue weighted by molar-refractivity contribution is 7.92. The fraction of sp³-hybridized carbons (Fsp3) is 0.440. The summed E-state index contributed by atoms with van der Waals surface area (Å²) in [6.45, 7) is 5.70. The number of sulfonamides is 1. The van der Waals surface area contributed by atoms with Gasteiger partial charge >= 0.3 is 0 Å². The van der Waals surface area contributed by atoms with Crippen LogP contribution in [0.1, 0.15) is 39.2 Å². The van der Waals surface area contributed by atoms with Gasteiger partial charge in [-0.25, -0.2) is 17.2 Å². The van der Waals surface area contributed by atoms with Crippen LogP contribution in [0.25, 0.3) is 0 Å². The van der Waals surface area contributed by atoms with E-state index < -0.39 is 33.6 Å². The molecule has 2 amide bonds. The molecule has 0 saturated carbocycles. The summed E-state index contributed by atoms with van der Waals surface area (Å²) in [6, 6.07) is 6.81. The normalized spacial score (nSPS) is 12.4. The van der Waals surface area contributed by atoms with Gasteiger partial charge in [-0.3, -0.25) is 13.9 Å². The van der Waals surface area contributed by atoms with Crippen LogP contribution in [0.5, 0.6) is 0 Å². The second-order valence-electron chi connectivity index (χ2n) is 9.07. The summed E-state index contributed by atoms with van der Waals surface area (Å²) in [4.78, 5) is 27.4. The van der Waals surface area contributed by atoms with Gasteiger partial charge in [-0.15, -0.1) is 0 Å². The first kappa shape index (κ1) is 30.8. The molecule has 0 aromatic heterocycles. The van der Waals surface area contributed by atoms with Crippen LogP contribution in [0.4, 0.5) is 14.5 Å². The molecule has 2 aromatic carbocycles. The van der Waals surface area contributed by atoms with Crippen molar-refractivity contribution in [2.75, 3.05) is 23.7 Å². The number of hydrogen-bond acceptors (Lipinski definition) is 4. The van der Waals surface area contributed by atoms with Crippen molar-refractivity contribution in [3.63, 3.8) is 0 Å². The average Bonchev–Trinajstić information content (AvgIpc) is 2.80. The summed E-state index contributed by atoms with van der Waals surface area (Å²) < 4.78 is 52.6. The molecule has 0 aliphatic carbocycles. The summed E-state index contributed by atoms with van der Waals surface area (Å²) in [6.07, 6.45) is 0.862. The highest BCUT2D eigenvalue weighted by Crippen LogP contribution is 2.27. The molecule has 2 aromatic rings. The van der Waals surface area contributed by atoms with Crippen LogP contribution >= 0.6 is 23.2 Å². The van der Waals surface area contributed by atoms with Crippen LogP contribution in [0, 0.1) is 17.6 Å². The number of carbonyl (C=O) groups is 2. The molecule has 0 unspecified atom stereocenters. The van der Waals surface area contributed by atoms with Crippen molar-refractivity contribution in [1.82, 2.24) is 10.2 Å². The van der Waals surface area contributed by atoms with E-state index in [2.05, 4.69) is 5.32 Å². The third-order valence-electron chi connectivity index (χ3n) is 5.59. The zero-order chi connectivity index (χ0) is 27.9. The Kier molecular flexibility index (Phi) is 11.1. The zero-order valence-corrected chi connectivity index (χ0v) is 23.4. The van der Waals surface area contributed by atoms with E-state index in [1.165, 1.54) is 4.90 Å². The summed E-state index contributed by atoms with van der Waals surface area (Å²) in [7, 11) is -3.85. The van der Waals surface area contributed by atoms with Crippen LogP contribution in [0.15, 0.2) is 36.4 Å². The maximum absolute atomic E-state index is 13.7. The Morgan fingerprint density at radius 1 is 1.03 bits per heavy atom. The largest absolute Gasteiger partial charge is 0.354 e. The minimum atomic E-state index is -3.85. The first-order valence-corrected chi connectivity index (χ1v) is 14.3. The van der Waals surface area contributed by atoms with Crippen LogP contribution in [0.2, 0.25) is 10.0 Å². The van der Waals surface area contributed by atoms with E-state index in [4.69, 9.17) is 23.2 Å². The van der Waals surface area contributed by atoms with Gasteiger partial charge in [0.05, 0.1) is 11.9 Å². The molecule has 0 heterocycles. The molecular weight excluding hydrogens is 547 g/mol. The van der Waals surface area contributed by atoms with Crippen molar-refractivity contribution in [2.45, 2.75) is 46.2 Å². The minimum absolute atomic E-state index is 0.0351. The van der Waals surface area contributed by atoms with Gasteiger partial charge in [0.25, 0.3) is 0 Å². The lowest BCUT2D eigenvalue weighted by molar-refractivity contribution is -0.140. The molecule has 0 aliphatic heterocycles. The number of rotatable bonds is 12. The van der Waals surface area contributed by atoms with Crippen LogP contribution in [-0.4, -0.2) is 50.5 Å². The van der Waals surface area contributed by atoms with Gasteiger partial charge in [0.15, 0.2) is 11.6 Å². The van der Waals surface area contributed by atoms with Crippen LogP contribution in [-0.2, 0) is 26.2 Å². The Balaban J connectivity index is 2.23. The van der Waals surface area contributed by atoms with E-state index in [-0.39, 0.29) is 43.4 Å². The number of halogens is 4. The number of nitrogens with zero attached hydrogens (tertiary/aromatic N) is 2. The maximum Gasteiger partial charge on any atom is 0.242 e. The molecule has 37 heavy (non-hydrogen) atoms. The molecule has 204 valence electrons. The predicted octanol–water partition coefficient (Wildman–Crippen LogP) is 5.01. The fourth-order valence-electron chi connectivity index (χ4n) is 3.53. The third kappa shape index (κ3) is 8.83. The lowest BCUT2D eigenvalue weighted by atomic mass is 10.1. The van der Waals surface area contributed by atoms with E-state index in [1.807, 2.05) is 13.8 Å². The number of nitrogens with one attached hydrogen (secondary N) is 1. The molecular formula is C25H31Cl2F2N3O4S. The second kappa shape index (κ2) is 13.4. The first-order valence-electron chi connectivity index (χ1n) is 11.6. The number of anilines is 1. The Labute approximate surface area is 226 Å². The number of amides is 2. The molecule has 12 heteroatoms. The van der Waals surface area contributed by atoms with Crippen molar-refractivity contribution >= 4 is 50.7 Å². The number of hydrogen-bond donors (Lipinski definition) is 1. The number of benzene rings is 2. The summed E-state index contributed by atoms with van der Waals surface area (Å²) in [5.41, 5.74) is 0.414. The van der Waals surface area contributed by atoms with Crippen LogP contribution < -0.4 is 9.62 Å². The van der Waals surface area contributed by atoms with E-state index in [0.29, 0.717) is 22.2 Å². The molecule has 0 fully saturated rings. The Morgan fingerprint density at radius 2 is 1.65 bits per heavy atom. The highest BCUT2D eigenvalue weighted by Gasteiger charge is 2.28. The smallest absolute Gasteiger partial charge is 0.242 e. The second-order valence-corrected chi connectivity index (χ2v) is 11.8. The summed E-state index contributed by atoms with van der Waals surface area (Å²) in [5.74, 6) is -2.87. The summed E-state index contributed by atoms with van der Waals surface area (Å²) >= 11 is 12.6. The van der Waals surface area contributed by atoms with Gasteiger partial charge < -0.3 is 10.2 Å². The SMILES string of the molecule is CC(C)CNC(=O)[C@H](C)N(Cc1c(Cl)cccc1Cl)C(=O)CCCN(c1ccc(F)c(F)c1)S(C)(=O)=O. The molecule has 0 bridgehead atoms. The van der Waals surface area contributed by atoms with E-state index >= 15 is 0 Å². The zero-order valence-electron chi connectivity index (χ0n) is 21.1. The topological polar surface area (TPSA) is 86.8 Å². The molecule has 0 aliphatic rings. The van der Waals surface area contributed by atoms with Crippen molar-refractivity contribution in [3.8, 4) is 0 Å². The quantitative estimate of drug-likeness (QED) is 0.384. The molecule has 0 saturated heterocycles. The molecule has 1 atom stereocenters. The van der Waals surface area contributed by atoms with Crippen molar-refractivity contribution < 1.29 is 26.8 Å². The molecule has 0 radical (unpaired) electrons. The van der Waals surface area contributed by atoms with Gasteiger partial charge in [0.2, 0.25) is 21.8 Å². The average molecular weight is 579 g/mol. The fourth-order valence-corrected chi connectivity index (χ4v) is 5.01. The van der Waals surface area contributed by atoms with Gasteiger partial charge in [-0.05, 0) is 43.5 Å². The van der Waals surface area contributed by atoms with E-state index in [1.54, 1.807) is 25.1 Å². The van der Waals surface area contributed by atoms with Gasteiger partial charge in [-0.2, -0.15) is 0 Å².